The molecule has 0 aliphatic rings. The molecule has 0 aliphatic carbocycles. The van der Waals surface area contributed by atoms with Gasteiger partial charge >= 0.3 is 0 Å². The standard InChI is InChI=1S/C20H20N4O2S/c1-13-16(22-14(2)25)10-7-11-17(13)23-19(26)18-12-21-20(27-3)24(18)15-8-5-4-6-9-15/h4-12H,1-3H3,(H,22,25)(H,23,26). The molecule has 7 heteroatoms. The largest absolute Gasteiger partial charge is 0.326 e. The predicted octanol–water partition coefficient (Wildman–Crippen LogP) is 4.11. The summed E-state index contributed by atoms with van der Waals surface area (Å²) in [7, 11) is 0. The SMILES string of the molecule is CSc1ncc(C(=O)Nc2cccc(NC(C)=O)c2C)n1-c1ccccc1. The Morgan fingerprint density at radius 2 is 1.67 bits per heavy atom. The number of imidazole rings is 1. The van der Waals surface area contributed by atoms with E-state index in [0.29, 0.717) is 17.1 Å². The zero-order chi connectivity index (χ0) is 19.4. The summed E-state index contributed by atoms with van der Waals surface area (Å²) in [5.74, 6) is -0.428. The van der Waals surface area contributed by atoms with Crippen molar-refractivity contribution in [3.63, 3.8) is 0 Å². The van der Waals surface area contributed by atoms with Gasteiger partial charge in [-0.15, -0.1) is 0 Å². The van der Waals surface area contributed by atoms with Crippen LogP contribution in [0.1, 0.15) is 23.0 Å². The molecular weight excluding hydrogens is 360 g/mol. The topological polar surface area (TPSA) is 76.0 Å². The van der Waals surface area contributed by atoms with Gasteiger partial charge in [0.15, 0.2) is 5.16 Å². The number of nitrogens with zero attached hydrogens (tertiary/aromatic N) is 2. The second-order valence-electron chi connectivity index (χ2n) is 5.91. The van der Waals surface area contributed by atoms with Gasteiger partial charge in [-0.1, -0.05) is 36.0 Å². The monoisotopic (exact) mass is 380 g/mol. The van der Waals surface area contributed by atoms with E-state index in [4.69, 9.17) is 0 Å². The lowest BCUT2D eigenvalue weighted by Gasteiger charge is -2.14. The number of hydrogen-bond donors (Lipinski definition) is 2. The minimum absolute atomic E-state index is 0.159. The zero-order valence-electron chi connectivity index (χ0n) is 15.3. The second kappa shape index (κ2) is 8.09. The molecule has 0 unspecified atom stereocenters. The van der Waals surface area contributed by atoms with Crippen LogP contribution in [0.15, 0.2) is 59.9 Å². The van der Waals surface area contributed by atoms with Gasteiger partial charge in [0.2, 0.25) is 5.91 Å². The van der Waals surface area contributed by atoms with Crippen LogP contribution in [0, 0.1) is 6.92 Å². The lowest BCUT2D eigenvalue weighted by Crippen LogP contribution is -2.18. The Hall–Kier alpha value is -3.06. The van der Waals surface area contributed by atoms with Gasteiger partial charge < -0.3 is 10.6 Å². The Morgan fingerprint density at radius 3 is 2.30 bits per heavy atom. The Bertz CT molecular complexity index is 983. The number of aromatic nitrogens is 2. The van der Waals surface area contributed by atoms with Gasteiger partial charge in [0.05, 0.1) is 6.20 Å². The molecule has 0 bridgehead atoms. The van der Waals surface area contributed by atoms with Gasteiger partial charge in [0, 0.05) is 24.0 Å². The summed E-state index contributed by atoms with van der Waals surface area (Å²) in [4.78, 5) is 28.7. The number of carbonyl (C=O) groups is 2. The number of anilines is 2. The number of para-hydroxylation sites is 1. The van der Waals surface area contributed by atoms with Crippen molar-refractivity contribution in [3.05, 3.63) is 66.0 Å². The Morgan fingerprint density at radius 1 is 1.00 bits per heavy atom. The molecule has 0 aliphatic heterocycles. The van der Waals surface area contributed by atoms with E-state index in [1.165, 1.54) is 18.7 Å². The highest BCUT2D eigenvalue weighted by atomic mass is 32.2. The number of nitrogens with one attached hydrogen (secondary N) is 2. The summed E-state index contributed by atoms with van der Waals surface area (Å²) in [5.41, 5.74) is 3.40. The number of hydrogen-bond acceptors (Lipinski definition) is 4. The highest BCUT2D eigenvalue weighted by Crippen LogP contribution is 2.26. The van der Waals surface area contributed by atoms with E-state index in [9.17, 15) is 9.59 Å². The summed E-state index contributed by atoms with van der Waals surface area (Å²) in [6.45, 7) is 3.30. The summed E-state index contributed by atoms with van der Waals surface area (Å²) in [5, 5.41) is 6.42. The molecule has 0 atom stereocenters. The van der Waals surface area contributed by atoms with E-state index in [1.807, 2.05) is 48.1 Å². The average molecular weight is 380 g/mol. The maximum Gasteiger partial charge on any atom is 0.274 e. The fraction of sp³-hybridized carbons (Fsp3) is 0.150. The Labute approximate surface area is 162 Å². The molecule has 6 nitrogen and oxygen atoms in total. The lowest BCUT2D eigenvalue weighted by atomic mass is 10.1. The van der Waals surface area contributed by atoms with Crippen molar-refractivity contribution in [2.24, 2.45) is 0 Å². The zero-order valence-corrected chi connectivity index (χ0v) is 16.1. The van der Waals surface area contributed by atoms with Crippen molar-refractivity contribution in [1.29, 1.82) is 0 Å². The van der Waals surface area contributed by atoms with Gasteiger partial charge in [0.1, 0.15) is 5.69 Å². The Balaban J connectivity index is 1.95. The van der Waals surface area contributed by atoms with E-state index >= 15 is 0 Å². The van der Waals surface area contributed by atoms with Gasteiger partial charge in [-0.2, -0.15) is 0 Å². The number of rotatable bonds is 5. The van der Waals surface area contributed by atoms with Crippen molar-refractivity contribution in [2.75, 3.05) is 16.9 Å². The molecule has 0 saturated carbocycles. The maximum atomic E-state index is 13.0. The number of amides is 2. The van der Waals surface area contributed by atoms with Crippen LogP contribution in [-0.2, 0) is 4.79 Å². The molecule has 0 spiro atoms. The van der Waals surface area contributed by atoms with Gasteiger partial charge in [-0.3, -0.25) is 14.2 Å². The molecule has 1 aromatic heterocycles. The van der Waals surface area contributed by atoms with Crippen molar-refractivity contribution in [1.82, 2.24) is 9.55 Å². The molecular formula is C20H20N4O2S. The van der Waals surface area contributed by atoms with Gasteiger partial charge in [-0.25, -0.2) is 4.98 Å². The quantitative estimate of drug-likeness (QED) is 0.653. The van der Waals surface area contributed by atoms with E-state index in [2.05, 4.69) is 15.6 Å². The molecule has 2 amide bonds. The first-order valence-electron chi connectivity index (χ1n) is 8.37. The van der Waals surface area contributed by atoms with E-state index < -0.39 is 0 Å². The number of benzene rings is 2. The van der Waals surface area contributed by atoms with E-state index in [-0.39, 0.29) is 11.8 Å². The van der Waals surface area contributed by atoms with Crippen molar-refractivity contribution in [3.8, 4) is 5.69 Å². The molecule has 3 aromatic rings. The van der Waals surface area contributed by atoms with Crippen LogP contribution in [0.2, 0.25) is 0 Å². The van der Waals surface area contributed by atoms with Crippen molar-refractivity contribution < 1.29 is 9.59 Å². The average Bonchev–Trinajstić information content (AvgIpc) is 3.09. The molecule has 27 heavy (non-hydrogen) atoms. The molecule has 2 aromatic carbocycles. The summed E-state index contributed by atoms with van der Waals surface area (Å²) < 4.78 is 1.83. The minimum Gasteiger partial charge on any atom is -0.326 e. The molecule has 3 rings (SSSR count). The normalized spacial score (nSPS) is 10.5. The summed E-state index contributed by atoms with van der Waals surface area (Å²) in [6.07, 6.45) is 3.49. The third kappa shape index (κ3) is 4.03. The van der Waals surface area contributed by atoms with Crippen LogP contribution in [0.3, 0.4) is 0 Å². The molecule has 2 N–H and O–H groups in total. The third-order valence-corrected chi connectivity index (χ3v) is 4.70. The summed E-state index contributed by atoms with van der Waals surface area (Å²) in [6, 6.07) is 15.0. The predicted molar refractivity (Wildman–Crippen MR) is 109 cm³/mol. The molecule has 0 radical (unpaired) electrons. The smallest absolute Gasteiger partial charge is 0.274 e. The lowest BCUT2D eigenvalue weighted by molar-refractivity contribution is -0.114. The number of thioether (sulfide) groups is 1. The van der Waals surface area contributed by atoms with Gasteiger partial charge in [0.25, 0.3) is 5.91 Å². The molecule has 138 valence electrons. The first-order chi connectivity index (χ1) is 13.0. The maximum absolute atomic E-state index is 13.0. The highest BCUT2D eigenvalue weighted by Gasteiger charge is 2.18. The van der Waals surface area contributed by atoms with Crippen LogP contribution in [0.5, 0.6) is 0 Å². The summed E-state index contributed by atoms with van der Waals surface area (Å²) >= 11 is 1.47. The van der Waals surface area contributed by atoms with Crippen LogP contribution < -0.4 is 10.6 Å². The first kappa shape index (κ1) is 18.7. The molecule has 1 heterocycles. The fourth-order valence-corrected chi connectivity index (χ4v) is 3.29. The van der Waals surface area contributed by atoms with Crippen molar-refractivity contribution in [2.45, 2.75) is 19.0 Å². The van der Waals surface area contributed by atoms with Crippen LogP contribution >= 0.6 is 11.8 Å². The van der Waals surface area contributed by atoms with Crippen LogP contribution in [-0.4, -0.2) is 27.6 Å². The molecule has 0 fully saturated rings. The van der Waals surface area contributed by atoms with Crippen molar-refractivity contribution >= 4 is 35.0 Å². The third-order valence-electron chi connectivity index (χ3n) is 4.05. The molecule has 0 saturated heterocycles. The Kier molecular flexibility index (Phi) is 5.61. The van der Waals surface area contributed by atoms with E-state index in [0.717, 1.165) is 16.4 Å². The number of carbonyl (C=O) groups excluding carboxylic acids is 2. The van der Waals surface area contributed by atoms with Crippen LogP contribution in [0.4, 0.5) is 11.4 Å². The first-order valence-corrected chi connectivity index (χ1v) is 9.59. The fourth-order valence-electron chi connectivity index (χ4n) is 2.75. The van der Waals surface area contributed by atoms with E-state index in [1.54, 1.807) is 24.4 Å². The van der Waals surface area contributed by atoms with Crippen LogP contribution in [0.25, 0.3) is 5.69 Å². The second-order valence-corrected chi connectivity index (χ2v) is 6.69. The minimum atomic E-state index is -0.269. The highest BCUT2D eigenvalue weighted by molar-refractivity contribution is 7.98. The van der Waals surface area contributed by atoms with Gasteiger partial charge in [-0.05, 0) is 43.0 Å².